The maximum Gasteiger partial charge on any atom is 0.234 e. The molecule has 1 atom stereocenters. The molecule has 6 nitrogen and oxygen atoms in total. The molecular formula is C18H25N3O3. The van der Waals surface area contributed by atoms with Crippen LogP contribution >= 0.6 is 0 Å². The van der Waals surface area contributed by atoms with Crippen molar-refractivity contribution < 1.29 is 14.4 Å². The molecule has 24 heavy (non-hydrogen) atoms. The highest BCUT2D eigenvalue weighted by atomic mass is 16.2. The van der Waals surface area contributed by atoms with Crippen LogP contribution in [0.2, 0.25) is 0 Å². The van der Waals surface area contributed by atoms with E-state index in [0.29, 0.717) is 25.8 Å². The third-order valence-electron chi connectivity index (χ3n) is 4.19. The Bertz CT molecular complexity index is 584. The molecule has 0 bridgehead atoms. The van der Waals surface area contributed by atoms with Gasteiger partial charge in [-0.15, -0.1) is 0 Å². The van der Waals surface area contributed by atoms with Crippen molar-refractivity contribution in [3.63, 3.8) is 0 Å². The lowest BCUT2D eigenvalue weighted by Gasteiger charge is -2.21. The monoisotopic (exact) mass is 331 g/mol. The van der Waals surface area contributed by atoms with Gasteiger partial charge in [0.25, 0.3) is 0 Å². The van der Waals surface area contributed by atoms with Gasteiger partial charge < -0.3 is 11.1 Å². The van der Waals surface area contributed by atoms with Gasteiger partial charge in [-0.05, 0) is 43.5 Å². The van der Waals surface area contributed by atoms with Crippen molar-refractivity contribution in [3.05, 3.63) is 29.8 Å². The summed E-state index contributed by atoms with van der Waals surface area (Å²) in [4.78, 5) is 34.9. The molecule has 1 aromatic rings. The number of unbranched alkanes of at least 4 members (excludes halogenated alkanes) is 3. The summed E-state index contributed by atoms with van der Waals surface area (Å²) in [6.45, 7) is 0.700. The Labute approximate surface area is 142 Å². The first-order valence-electron chi connectivity index (χ1n) is 8.53. The highest BCUT2D eigenvalue weighted by Gasteiger charge is 2.27. The molecule has 0 saturated carbocycles. The lowest BCUT2D eigenvalue weighted by atomic mass is 9.90. The maximum absolute atomic E-state index is 11.9. The van der Waals surface area contributed by atoms with Crippen LogP contribution in [0.3, 0.4) is 0 Å². The molecule has 1 fully saturated rings. The highest BCUT2D eigenvalue weighted by molar-refractivity contribution is 6.01. The van der Waals surface area contributed by atoms with Gasteiger partial charge in [-0.2, -0.15) is 0 Å². The Hall–Kier alpha value is -2.21. The number of anilines is 1. The average Bonchev–Trinajstić information content (AvgIpc) is 2.56. The second-order valence-electron chi connectivity index (χ2n) is 6.13. The number of nitrogens with two attached hydrogens (primary N) is 1. The SMILES string of the molecule is NCCCCCCC(=O)Nc1ccc(C2CCC(=O)NC2=O)cc1. The van der Waals surface area contributed by atoms with Crippen molar-refractivity contribution in [1.82, 2.24) is 5.32 Å². The molecular weight excluding hydrogens is 306 g/mol. The zero-order valence-electron chi connectivity index (χ0n) is 13.8. The number of nitrogens with one attached hydrogen (secondary N) is 2. The fourth-order valence-corrected chi connectivity index (χ4v) is 2.82. The molecule has 1 aliphatic heterocycles. The quantitative estimate of drug-likeness (QED) is 0.501. The molecule has 1 unspecified atom stereocenters. The first-order valence-corrected chi connectivity index (χ1v) is 8.53. The van der Waals surface area contributed by atoms with Gasteiger partial charge in [-0.25, -0.2) is 0 Å². The summed E-state index contributed by atoms with van der Waals surface area (Å²) < 4.78 is 0. The van der Waals surface area contributed by atoms with E-state index in [0.717, 1.165) is 36.9 Å². The summed E-state index contributed by atoms with van der Waals surface area (Å²) in [5.74, 6) is -0.765. The van der Waals surface area contributed by atoms with Crippen molar-refractivity contribution in [1.29, 1.82) is 0 Å². The molecule has 6 heteroatoms. The fraction of sp³-hybridized carbons (Fsp3) is 0.500. The standard InChI is InChI=1S/C18H25N3O3/c19-12-4-2-1-3-5-16(22)20-14-8-6-13(7-9-14)15-10-11-17(23)21-18(15)24/h6-9,15H,1-5,10-12,19H2,(H,20,22)(H,21,23,24). The number of benzene rings is 1. The Morgan fingerprint density at radius 3 is 2.50 bits per heavy atom. The first kappa shape index (κ1) is 18.1. The molecule has 2 rings (SSSR count). The van der Waals surface area contributed by atoms with Gasteiger partial charge in [-0.1, -0.05) is 25.0 Å². The summed E-state index contributed by atoms with van der Waals surface area (Å²) >= 11 is 0. The Morgan fingerprint density at radius 2 is 1.83 bits per heavy atom. The van der Waals surface area contributed by atoms with Gasteiger partial charge in [0, 0.05) is 18.5 Å². The zero-order valence-corrected chi connectivity index (χ0v) is 13.8. The number of amides is 3. The summed E-state index contributed by atoms with van der Waals surface area (Å²) in [7, 11) is 0. The molecule has 4 N–H and O–H groups in total. The Morgan fingerprint density at radius 1 is 1.12 bits per heavy atom. The second-order valence-corrected chi connectivity index (χ2v) is 6.13. The third kappa shape index (κ3) is 5.45. The molecule has 130 valence electrons. The smallest absolute Gasteiger partial charge is 0.234 e. The van der Waals surface area contributed by atoms with Crippen LogP contribution < -0.4 is 16.4 Å². The molecule has 1 saturated heterocycles. The van der Waals surface area contributed by atoms with E-state index in [1.165, 1.54) is 0 Å². The predicted octanol–water partition coefficient (Wildman–Crippen LogP) is 2.05. The summed E-state index contributed by atoms with van der Waals surface area (Å²) in [5.41, 5.74) is 7.01. The highest BCUT2D eigenvalue weighted by Crippen LogP contribution is 2.25. The molecule has 0 radical (unpaired) electrons. The van der Waals surface area contributed by atoms with Crippen LogP contribution in [-0.4, -0.2) is 24.3 Å². The van der Waals surface area contributed by atoms with Crippen molar-refractivity contribution >= 4 is 23.4 Å². The van der Waals surface area contributed by atoms with Crippen molar-refractivity contribution in [3.8, 4) is 0 Å². The number of piperidine rings is 1. The first-order chi connectivity index (χ1) is 11.6. The number of hydrogen-bond acceptors (Lipinski definition) is 4. The van der Waals surface area contributed by atoms with Crippen LogP contribution in [0.15, 0.2) is 24.3 Å². The molecule has 0 spiro atoms. The molecule has 0 aliphatic carbocycles. The molecule has 0 aromatic heterocycles. The molecule has 1 aromatic carbocycles. The Balaban J connectivity index is 1.80. The topological polar surface area (TPSA) is 101 Å². The minimum atomic E-state index is -0.296. The number of carbonyl (C=O) groups is 3. The van der Waals surface area contributed by atoms with Gasteiger partial charge >= 0.3 is 0 Å². The van der Waals surface area contributed by atoms with Gasteiger partial charge in [0.05, 0.1) is 5.92 Å². The average molecular weight is 331 g/mol. The molecule has 1 heterocycles. The third-order valence-corrected chi connectivity index (χ3v) is 4.19. The number of hydrogen-bond donors (Lipinski definition) is 3. The van der Waals surface area contributed by atoms with Gasteiger partial charge in [-0.3, -0.25) is 19.7 Å². The second kappa shape index (κ2) is 9.17. The van der Waals surface area contributed by atoms with E-state index < -0.39 is 0 Å². The zero-order chi connectivity index (χ0) is 17.4. The van der Waals surface area contributed by atoms with Gasteiger partial charge in [0.1, 0.15) is 0 Å². The van der Waals surface area contributed by atoms with Crippen molar-refractivity contribution in [2.24, 2.45) is 5.73 Å². The summed E-state index contributed by atoms with van der Waals surface area (Å²) in [6.07, 6.45) is 5.32. The molecule has 3 amide bonds. The van der Waals surface area contributed by atoms with E-state index in [1.807, 2.05) is 12.1 Å². The number of rotatable bonds is 8. The predicted molar refractivity (Wildman–Crippen MR) is 92.3 cm³/mol. The Kier molecular flexibility index (Phi) is 6.93. The fourth-order valence-electron chi connectivity index (χ4n) is 2.82. The lowest BCUT2D eigenvalue weighted by Crippen LogP contribution is -2.39. The van der Waals surface area contributed by atoms with E-state index in [2.05, 4.69) is 10.6 Å². The van der Waals surface area contributed by atoms with Crippen LogP contribution in [0.25, 0.3) is 0 Å². The van der Waals surface area contributed by atoms with E-state index >= 15 is 0 Å². The van der Waals surface area contributed by atoms with E-state index in [1.54, 1.807) is 12.1 Å². The summed E-state index contributed by atoms with van der Waals surface area (Å²) in [6, 6.07) is 7.25. The van der Waals surface area contributed by atoms with Crippen LogP contribution in [0.4, 0.5) is 5.69 Å². The minimum absolute atomic E-state index is 0.00324. The van der Waals surface area contributed by atoms with Gasteiger partial charge in [0.15, 0.2) is 0 Å². The van der Waals surface area contributed by atoms with Crippen molar-refractivity contribution in [2.45, 2.75) is 50.9 Å². The van der Waals surface area contributed by atoms with Crippen LogP contribution in [0.5, 0.6) is 0 Å². The summed E-state index contributed by atoms with van der Waals surface area (Å²) in [5, 5.41) is 5.22. The van der Waals surface area contributed by atoms with Crippen molar-refractivity contribution in [2.75, 3.05) is 11.9 Å². The van der Waals surface area contributed by atoms with E-state index in [4.69, 9.17) is 5.73 Å². The maximum atomic E-state index is 11.9. The normalized spacial score (nSPS) is 17.5. The van der Waals surface area contributed by atoms with Crippen LogP contribution in [-0.2, 0) is 14.4 Å². The minimum Gasteiger partial charge on any atom is -0.330 e. The van der Waals surface area contributed by atoms with Gasteiger partial charge in [0.2, 0.25) is 17.7 Å². The van der Waals surface area contributed by atoms with Crippen LogP contribution in [0, 0.1) is 0 Å². The number of carbonyl (C=O) groups excluding carboxylic acids is 3. The van der Waals surface area contributed by atoms with E-state index in [-0.39, 0.29) is 23.6 Å². The molecule has 1 aliphatic rings. The number of imide groups is 1. The van der Waals surface area contributed by atoms with E-state index in [9.17, 15) is 14.4 Å². The largest absolute Gasteiger partial charge is 0.330 e. The van der Waals surface area contributed by atoms with Crippen LogP contribution in [0.1, 0.15) is 56.4 Å². The lowest BCUT2D eigenvalue weighted by molar-refractivity contribution is -0.134.